The first-order chi connectivity index (χ1) is 13.1. The van der Waals surface area contributed by atoms with Gasteiger partial charge < -0.3 is 24.8 Å². The van der Waals surface area contributed by atoms with Crippen LogP contribution in [0.4, 0.5) is 23.1 Å². The minimum absolute atomic E-state index is 0.453. The van der Waals surface area contributed by atoms with Crippen molar-refractivity contribution in [3.05, 3.63) is 53.7 Å². The number of nitrogens with one attached hydrogen (secondary N) is 2. The molecular formula is C19H19ClN4O3. The van der Waals surface area contributed by atoms with E-state index in [-0.39, 0.29) is 0 Å². The standard InChI is InChI=1S/C19H19ClN4O3/c1-25-15-10-14(11-16(26-2)18(15)27-3)22-17-8-9-21-19(24-17)23-13-6-4-12(20)5-7-13/h4-11H,1-3H3,(H2,21,22,23,24). The second-order valence-electron chi connectivity index (χ2n) is 5.44. The van der Waals surface area contributed by atoms with E-state index in [0.717, 1.165) is 11.4 Å². The average Bonchev–Trinajstić information content (AvgIpc) is 2.69. The normalized spacial score (nSPS) is 10.2. The quantitative estimate of drug-likeness (QED) is 0.612. The topological polar surface area (TPSA) is 77.5 Å². The molecule has 2 aromatic carbocycles. The molecule has 0 atom stereocenters. The van der Waals surface area contributed by atoms with Crippen molar-refractivity contribution in [3.8, 4) is 17.2 Å². The van der Waals surface area contributed by atoms with Crippen LogP contribution in [0.25, 0.3) is 0 Å². The lowest BCUT2D eigenvalue weighted by Crippen LogP contribution is -2.01. The van der Waals surface area contributed by atoms with Crippen LogP contribution in [0.2, 0.25) is 5.02 Å². The maximum Gasteiger partial charge on any atom is 0.229 e. The lowest BCUT2D eigenvalue weighted by atomic mass is 10.2. The summed E-state index contributed by atoms with van der Waals surface area (Å²) in [7, 11) is 4.70. The van der Waals surface area contributed by atoms with Crippen molar-refractivity contribution in [2.75, 3.05) is 32.0 Å². The predicted molar refractivity (Wildman–Crippen MR) is 106 cm³/mol. The highest BCUT2D eigenvalue weighted by Gasteiger charge is 2.13. The number of anilines is 4. The molecule has 0 unspecified atom stereocenters. The van der Waals surface area contributed by atoms with E-state index in [2.05, 4.69) is 20.6 Å². The van der Waals surface area contributed by atoms with Gasteiger partial charge in [-0.2, -0.15) is 4.98 Å². The molecule has 0 bridgehead atoms. The molecule has 3 rings (SSSR count). The molecule has 0 amide bonds. The zero-order valence-electron chi connectivity index (χ0n) is 15.1. The number of ether oxygens (including phenoxy) is 3. The van der Waals surface area contributed by atoms with Gasteiger partial charge in [0.05, 0.1) is 21.3 Å². The number of methoxy groups -OCH3 is 3. The number of nitrogens with zero attached hydrogens (tertiary/aromatic N) is 2. The van der Waals surface area contributed by atoms with Crippen LogP contribution >= 0.6 is 11.6 Å². The molecule has 1 aromatic heterocycles. The van der Waals surface area contributed by atoms with Gasteiger partial charge in [0, 0.05) is 34.7 Å². The summed E-state index contributed by atoms with van der Waals surface area (Å²) in [5.74, 6) is 2.68. The summed E-state index contributed by atoms with van der Waals surface area (Å²) in [6, 6.07) is 12.7. The zero-order chi connectivity index (χ0) is 19.2. The Morgan fingerprint density at radius 3 is 2.07 bits per heavy atom. The van der Waals surface area contributed by atoms with E-state index >= 15 is 0 Å². The Hall–Kier alpha value is -3.19. The highest BCUT2D eigenvalue weighted by Crippen LogP contribution is 2.40. The van der Waals surface area contributed by atoms with Crippen LogP contribution in [0.15, 0.2) is 48.7 Å². The summed E-state index contributed by atoms with van der Waals surface area (Å²) in [6.45, 7) is 0. The van der Waals surface area contributed by atoms with Gasteiger partial charge in [0.25, 0.3) is 0 Å². The van der Waals surface area contributed by atoms with Crippen molar-refractivity contribution in [1.29, 1.82) is 0 Å². The second-order valence-corrected chi connectivity index (χ2v) is 5.87. The van der Waals surface area contributed by atoms with Gasteiger partial charge >= 0.3 is 0 Å². The molecule has 0 aliphatic heterocycles. The molecule has 3 aromatic rings. The van der Waals surface area contributed by atoms with E-state index in [4.69, 9.17) is 25.8 Å². The van der Waals surface area contributed by atoms with E-state index in [1.807, 2.05) is 12.1 Å². The number of aromatic nitrogens is 2. The molecule has 0 fully saturated rings. The Balaban J connectivity index is 1.82. The monoisotopic (exact) mass is 386 g/mol. The molecular weight excluding hydrogens is 368 g/mol. The average molecular weight is 387 g/mol. The predicted octanol–water partition coefficient (Wildman–Crippen LogP) is 4.64. The van der Waals surface area contributed by atoms with E-state index in [9.17, 15) is 0 Å². The minimum Gasteiger partial charge on any atom is -0.493 e. The van der Waals surface area contributed by atoms with Crippen LogP contribution in [-0.4, -0.2) is 31.3 Å². The summed E-state index contributed by atoms with van der Waals surface area (Å²) in [5.41, 5.74) is 1.57. The second kappa shape index (κ2) is 8.46. The molecule has 8 heteroatoms. The third-order valence-electron chi connectivity index (χ3n) is 3.69. The summed E-state index contributed by atoms with van der Waals surface area (Å²) >= 11 is 5.90. The first-order valence-corrected chi connectivity index (χ1v) is 8.43. The Bertz CT molecular complexity index is 894. The molecule has 27 heavy (non-hydrogen) atoms. The zero-order valence-corrected chi connectivity index (χ0v) is 15.9. The van der Waals surface area contributed by atoms with Crippen LogP contribution in [0, 0.1) is 0 Å². The number of halogens is 1. The molecule has 140 valence electrons. The molecule has 7 nitrogen and oxygen atoms in total. The molecule has 0 spiro atoms. The van der Waals surface area contributed by atoms with Gasteiger partial charge in [0.1, 0.15) is 5.82 Å². The Labute approximate surface area is 162 Å². The summed E-state index contributed by atoms with van der Waals surface area (Å²) in [4.78, 5) is 8.69. The van der Waals surface area contributed by atoms with E-state index in [1.54, 1.807) is 57.9 Å². The molecule has 0 aliphatic carbocycles. The fraction of sp³-hybridized carbons (Fsp3) is 0.158. The smallest absolute Gasteiger partial charge is 0.229 e. The van der Waals surface area contributed by atoms with Gasteiger partial charge in [-0.05, 0) is 30.3 Å². The first-order valence-electron chi connectivity index (χ1n) is 8.05. The van der Waals surface area contributed by atoms with Crippen molar-refractivity contribution in [2.45, 2.75) is 0 Å². The highest BCUT2D eigenvalue weighted by molar-refractivity contribution is 6.30. The van der Waals surface area contributed by atoms with Gasteiger partial charge in [-0.3, -0.25) is 0 Å². The van der Waals surface area contributed by atoms with Crippen molar-refractivity contribution in [3.63, 3.8) is 0 Å². The van der Waals surface area contributed by atoms with E-state index < -0.39 is 0 Å². The highest BCUT2D eigenvalue weighted by atomic mass is 35.5. The number of hydrogen-bond donors (Lipinski definition) is 2. The van der Waals surface area contributed by atoms with Gasteiger partial charge in [-0.1, -0.05) is 11.6 Å². The molecule has 0 radical (unpaired) electrons. The Morgan fingerprint density at radius 1 is 0.815 bits per heavy atom. The van der Waals surface area contributed by atoms with Gasteiger partial charge in [0.2, 0.25) is 11.7 Å². The third kappa shape index (κ3) is 4.51. The lowest BCUT2D eigenvalue weighted by molar-refractivity contribution is 0.324. The van der Waals surface area contributed by atoms with Gasteiger partial charge in [-0.15, -0.1) is 0 Å². The Morgan fingerprint density at radius 2 is 1.48 bits per heavy atom. The Kier molecular flexibility index (Phi) is 5.83. The largest absolute Gasteiger partial charge is 0.493 e. The van der Waals surface area contributed by atoms with Crippen LogP contribution in [-0.2, 0) is 0 Å². The van der Waals surface area contributed by atoms with Gasteiger partial charge in [-0.25, -0.2) is 4.98 Å². The maximum absolute atomic E-state index is 5.90. The lowest BCUT2D eigenvalue weighted by Gasteiger charge is -2.15. The van der Waals surface area contributed by atoms with E-state index in [0.29, 0.717) is 34.0 Å². The summed E-state index contributed by atoms with van der Waals surface area (Å²) < 4.78 is 16.1. The molecule has 2 N–H and O–H groups in total. The molecule has 0 saturated heterocycles. The minimum atomic E-state index is 0.453. The molecule has 1 heterocycles. The van der Waals surface area contributed by atoms with Crippen LogP contribution in [0.5, 0.6) is 17.2 Å². The van der Waals surface area contributed by atoms with Crippen molar-refractivity contribution >= 4 is 34.7 Å². The summed E-state index contributed by atoms with van der Waals surface area (Å²) in [5, 5.41) is 7.01. The van der Waals surface area contributed by atoms with Crippen LogP contribution < -0.4 is 24.8 Å². The maximum atomic E-state index is 5.90. The van der Waals surface area contributed by atoms with Crippen molar-refractivity contribution in [2.24, 2.45) is 0 Å². The molecule has 0 aliphatic rings. The van der Waals surface area contributed by atoms with Crippen molar-refractivity contribution in [1.82, 2.24) is 9.97 Å². The van der Waals surface area contributed by atoms with Crippen LogP contribution in [0.1, 0.15) is 0 Å². The summed E-state index contributed by atoms with van der Waals surface area (Å²) in [6.07, 6.45) is 1.66. The third-order valence-corrected chi connectivity index (χ3v) is 3.95. The van der Waals surface area contributed by atoms with Crippen molar-refractivity contribution < 1.29 is 14.2 Å². The van der Waals surface area contributed by atoms with E-state index in [1.165, 1.54) is 0 Å². The molecule has 0 saturated carbocycles. The number of hydrogen-bond acceptors (Lipinski definition) is 7. The van der Waals surface area contributed by atoms with Crippen LogP contribution in [0.3, 0.4) is 0 Å². The number of benzene rings is 2. The van der Waals surface area contributed by atoms with Gasteiger partial charge in [0.15, 0.2) is 11.5 Å². The number of rotatable bonds is 7. The first kappa shape index (κ1) is 18.6. The fourth-order valence-electron chi connectivity index (χ4n) is 2.45. The fourth-order valence-corrected chi connectivity index (χ4v) is 2.58. The SMILES string of the molecule is COc1cc(Nc2ccnc(Nc3ccc(Cl)cc3)n2)cc(OC)c1OC.